The monoisotopic (exact) mass is 284 g/mol. The van der Waals surface area contributed by atoms with Crippen LogP contribution in [0.1, 0.15) is 43.0 Å². The van der Waals surface area contributed by atoms with Crippen LogP contribution >= 0.6 is 0 Å². The van der Waals surface area contributed by atoms with Crippen LogP contribution in [0.3, 0.4) is 0 Å². The van der Waals surface area contributed by atoms with Crippen molar-refractivity contribution in [2.45, 2.75) is 48.0 Å². The van der Waals surface area contributed by atoms with Gasteiger partial charge in [-0.05, 0) is 43.9 Å². The van der Waals surface area contributed by atoms with Crippen molar-refractivity contribution in [3.05, 3.63) is 83.9 Å². The van der Waals surface area contributed by atoms with E-state index in [2.05, 4.69) is 89.4 Å². The van der Waals surface area contributed by atoms with Crippen LogP contribution < -0.4 is 0 Å². The second-order valence-electron chi connectivity index (χ2n) is 4.43. The van der Waals surface area contributed by atoms with Gasteiger partial charge in [-0.2, -0.15) is 0 Å². The smallest absolute Gasteiger partial charge is 0.0307 e. The molecule has 0 heteroatoms. The number of aryl methyl sites for hydroxylation is 4. The van der Waals surface area contributed by atoms with Gasteiger partial charge < -0.3 is 0 Å². The highest BCUT2D eigenvalue weighted by atomic mass is 13.9. The van der Waals surface area contributed by atoms with Crippen LogP contribution in [0.25, 0.3) is 0 Å². The lowest BCUT2D eigenvalue weighted by Crippen LogP contribution is -1.78. The maximum atomic E-state index is 3.00. The van der Waals surface area contributed by atoms with Crippen molar-refractivity contribution in [3.63, 3.8) is 0 Å². The molecular formula is C21H32. The first-order chi connectivity index (χ1) is 10.1. The molecule has 0 unspecified atom stereocenters. The zero-order valence-electron chi connectivity index (χ0n) is 14.7. The minimum absolute atomic E-state index is 1.14. The molecule has 0 saturated heterocycles. The Morgan fingerprint density at radius 2 is 1.24 bits per heavy atom. The molecule has 0 saturated carbocycles. The molecule has 0 aliphatic heterocycles. The third-order valence-electron chi connectivity index (χ3n) is 2.92. The van der Waals surface area contributed by atoms with Gasteiger partial charge in [-0.1, -0.05) is 74.9 Å². The Morgan fingerprint density at radius 3 is 1.52 bits per heavy atom. The van der Waals surface area contributed by atoms with Crippen molar-refractivity contribution in [3.8, 4) is 0 Å². The van der Waals surface area contributed by atoms with Gasteiger partial charge in [-0.3, -0.25) is 0 Å². The summed E-state index contributed by atoms with van der Waals surface area (Å²) in [6.07, 6.45) is 1.14. The molecule has 2 aromatic carbocycles. The van der Waals surface area contributed by atoms with Gasteiger partial charge in [0.1, 0.15) is 0 Å². The van der Waals surface area contributed by atoms with E-state index in [4.69, 9.17) is 0 Å². The van der Waals surface area contributed by atoms with Crippen LogP contribution in [0.4, 0.5) is 0 Å². The fourth-order valence-corrected chi connectivity index (χ4v) is 1.59. The first kappa shape index (κ1) is 21.5. The SMILES string of the molecule is C=C.CC.CCc1cccc(C)c1.Cc1ccccc1C. The highest BCUT2D eigenvalue weighted by Crippen LogP contribution is 2.03. The lowest BCUT2D eigenvalue weighted by atomic mass is 10.1. The van der Waals surface area contributed by atoms with E-state index in [0.29, 0.717) is 0 Å². The largest absolute Gasteiger partial charge is 0.106 e. The first-order valence-corrected chi connectivity index (χ1v) is 7.71. The van der Waals surface area contributed by atoms with E-state index in [9.17, 15) is 0 Å². The molecule has 21 heavy (non-hydrogen) atoms. The summed E-state index contributed by atoms with van der Waals surface area (Å²) < 4.78 is 0. The fourth-order valence-electron chi connectivity index (χ4n) is 1.59. The predicted molar refractivity (Wildman–Crippen MR) is 99.1 cm³/mol. The molecule has 0 aromatic heterocycles. The first-order valence-electron chi connectivity index (χ1n) is 7.71. The van der Waals surface area contributed by atoms with Crippen LogP contribution in [0, 0.1) is 20.8 Å². The molecule has 0 N–H and O–H groups in total. The van der Waals surface area contributed by atoms with Gasteiger partial charge in [0.05, 0.1) is 0 Å². The Hall–Kier alpha value is -1.82. The van der Waals surface area contributed by atoms with E-state index in [1.54, 1.807) is 0 Å². The average molecular weight is 284 g/mol. The third kappa shape index (κ3) is 10.6. The van der Waals surface area contributed by atoms with E-state index in [1.165, 1.54) is 22.3 Å². The zero-order valence-corrected chi connectivity index (χ0v) is 14.7. The summed E-state index contributed by atoms with van der Waals surface area (Å²) in [6.45, 7) is 18.5. The van der Waals surface area contributed by atoms with E-state index >= 15 is 0 Å². The molecule has 2 rings (SSSR count). The highest BCUT2D eigenvalue weighted by molar-refractivity contribution is 5.23. The van der Waals surface area contributed by atoms with Crippen LogP contribution in [0.2, 0.25) is 0 Å². The molecule has 116 valence electrons. The van der Waals surface area contributed by atoms with E-state index < -0.39 is 0 Å². The summed E-state index contributed by atoms with van der Waals surface area (Å²) in [7, 11) is 0. The van der Waals surface area contributed by atoms with Crippen molar-refractivity contribution in [2.75, 3.05) is 0 Å². The minimum Gasteiger partial charge on any atom is -0.106 e. The molecule has 0 radical (unpaired) electrons. The Kier molecular flexibility index (Phi) is 14.9. The Balaban J connectivity index is 0. The lowest BCUT2D eigenvalue weighted by molar-refractivity contribution is 1.13. The summed E-state index contributed by atoms with van der Waals surface area (Å²) in [4.78, 5) is 0. The summed E-state index contributed by atoms with van der Waals surface area (Å²) >= 11 is 0. The van der Waals surface area contributed by atoms with Gasteiger partial charge in [0.15, 0.2) is 0 Å². The summed E-state index contributed by atoms with van der Waals surface area (Å²) in [5.41, 5.74) is 5.52. The number of rotatable bonds is 1. The maximum Gasteiger partial charge on any atom is -0.0307 e. The van der Waals surface area contributed by atoms with Crippen LogP contribution in [0.15, 0.2) is 61.7 Å². The number of benzene rings is 2. The van der Waals surface area contributed by atoms with Crippen molar-refractivity contribution in [2.24, 2.45) is 0 Å². The molecule has 0 amide bonds. The van der Waals surface area contributed by atoms with E-state index in [0.717, 1.165) is 6.42 Å². The Labute approximate surface area is 132 Å². The van der Waals surface area contributed by atoms with Crippen molar-refractivity contribution in [1.29, 1.82) is 0 Å². The van der Waals surface area contributed by atoms with Crippen molar-refractivity contribution >= 4 is 0 Å². The minimum atomic E-state index is 1.14. The molecular weight excluding hydrogens is 252 g/mol. The highest BCUT2D eigenvalue weighted by Gasteiger charge is 1.86. The van der Waals surface area contributed by atoms with Gasteiger partial charge in [-0.15, -0.1) is 13.2 Å². The zero-order chi connectivity index (χ0) is 16.7. The van der Waals surface area contributed by atoms with E-state index in [-0.39, 0.29) is 0 Å². The van der Waals surface area contributed by atoms with Gasteiger partial charge in [-0.25, -0.2) is 0 Å². The standard InChI is InChI=1S/C9H12.C8H10.C2H6.C2H4/c1-3-9-6-4-5-8(2)7-9;1-7-5-3-4-6-8(7)2;2*1-2/h4-7H,3H2,1-2H3;3-6H,1-2H3;1-2H3;1-2H2. The fraction of sp³-hybridized carbons (Fsp3) is 0.333. The van der Waals surface area contributed by atoms with Crippen molar-refractivity contribution < 1.29 is 0 Å². The second kappa shape index (κ2) is 14.6. The lowest BCUT2D eigenvalue weighted by Gasteiger charge is -1.95. The summed E-state index contributed by atoms with van der Waals surface area (Å²) in [5.74, 6) is 0. The average Bonchev–Trinajstić information content (AvgIpc) is 2.55. The maximum absolute atomic E-state index is 3.00. The van der Waals surface area contributed by atoms with Crippen LogP contribution in [-0.4, -0.2) is 0 Å². The molecule has 2 aromatic rings. The normalized spacial score (nSPS) is 8.10. The predicted octanol–water partition coefficient (Wildman–Crippen LogP) is 6.69. The molecule has 0 nitrogen and oxygen atoms in total. The van der Waals surface area contributed by atoms with Gasteiger partial charge in [0, 0.05) is 0 Å². The quantitative estimate of drug-likeness (QED) is 0.512. The molecule has 0 aliphatic carbocycles. The molecule has 0 bridgehead atoms. The third-order valence-corrected chi connectivity index (χ3v) is 2.92. The topological polar surface area (TPSA) is 0 Å². The van der Waals surface area contributed by atoms with Gasteiger partial charge >= 0.3 is 0 Å². The van der Waals surface area contributed by atoms with Gasteiger partial charge in [0.2, 0.25) is 0 Å². The Bertz CT molecular complexity index is 448. The number of hydrogen-bond donors (Lipinski definition) is 0. The van der Waals surface area contributed by atoms with Gasteiger partial charge in [0.25, 0.3) is 0 Å². The van der Waals surface area contributed by atoms with E-state index in [1.807, 2.05) is 13.8 Å². The second-order valence-corrected chi connectivity index (χ2v) is 4.43. The van der Waals surface area contributed by atoms with Crippen molar-refractivity contribution in [1.82, 2.24) is 0 Å². The molecule has 0 atom stereocenters. The summed E-state index contributed by atoms with van der Waals surface area (Å²) in [5, 5.41) is 0. The van der Waals surface area contributed by atoms with Crippen LogP contribution in [-0.2, 0) is 6.42 Å². The van der Waals surface area contributed by atoms with Crippen LogP contribution in [0.5, 0.6) is 0 Å². The Morgan fingerprint density at radius 1 is 0.762 bits per heavy atom. The molecule has 0 aliphatic rings. The molecule has 0 heterocycles. The molecule has 0 fully saturated rings. The number of hydrogen-bond acceptors (Lipinski definition) is 0. The molecule has 0 spiro atoms. The summed E-state index contributed by atoms with van der Waals surface area (Å²) in [6, 6.07) is 17.0.